The number of carbonyl (C=O) groups is 2. The first-order valence-corrected chi connectivity index (χ1v) is 9.35. The first-order chi connectivity index (χ1) is 13.6. The number of para-hydroxylation sites is 2. The Balaban J connectivity index is 1.83. The van der Waals surface area contributed by atoms with Gasteiger partial charge in [0.15, 0.2) is 0 Å². The summed E-state index contributed by atoms with van der Waals surface area (Å²) in [7, 11) is 0. The summed E-state index contributed by atoms with van der Waals surface area (Å²) in [4.78, 5) is 23.6. The van der Waals surface area contributed by atoms with E-state index in [1.165, 1.54) is 0 Å². The van der Waals surface area contributed by atoms with Crippen LogP contribution in [0.15, 0.2) is 48.5 Å². The van der Waals surface area contributed by atoms with Crippen molar-refractivity contribution in [1.82, 2.24) is 0 Å². The van der Waals surface area contributed by atoms with Crippen molar-refractivity contribution in [3.05, 3.63) is 48.5 Å². The third-order valence-electron chi connectivity index (χ3n) is 3.79. The van der Waals surface area contributed by atoms with Crippen LogP contribution in [0.5, 0.6) is 5.75 Å². The van der Waals surface area contributed by atoms with Crippen molar-refractivity contribution >= 4 is 28.9 Å². The fourth-order valence-electron chi connectivity index (χ4n) is 2.35. The minimum Gasteiger partial charge on any atom is -0.489 e. The molecule has 2 rings (SSSR count). The minimum absolute atomic E-state index is 0.0396. The Labute approximate surface area is 165 Å². The Kier molecular flexibility index (Phi) is 8.81. The lowest BCUT2D eigenvalue weighted by Crippen LogP contribution is -2.22. The Hall–Kier alpha value is -3.06. The molecule has 0 aliphatic carbocycles. The van der Waals surface area contributed by atoms with Crippen LogP contribution in [0.4, 0.5) is 17.1 Å². The number of nitrogens with one attached hydrogen (secondary N) is 3. The molecule has 28 heavy (non-hydrogen) atoms. The number of hydrogen-bond donors (Lipinski definition) is 3. The average Bonchev–Trinajstić information content (AvgIpc) is 2.71. The molecule has 0 atom stereocenters. The van der Waals surface area contributed by atoms with Gasteiger partial charge in [0.05, 0.1) is 18.8 Å². The average molecular weight is 385 g/mol. The highest BCUT2D eigenvalue weighted by molar-refractivity contribution is 5.95. The molecule has 2 aromatic rings. The SMILES string of the molecule is CCOCCOc1ccccc1NC(=O)CNc1ccc(NC(=O)CC)cc1. The maximum atomic E-state index is 12.3. The van der Waals surface area contributed by atoms with Crippen LogP contribution in [0, 0.1) is 0 Å². The summed E-state index contributed by atoms with van der Waals surface area (Å²) in [6.07, 6.45) is 0.428. The molecule has 0 radical (unpaired) electrons. The second-order valence-electron chi connectivity index (χ2n) is 5.92. The van der Waals surface area contributed by atoms with Crippen LogP contribution < -0.4 is 20.7 Å². The van der Waals surface area contributed by atoms with Gasteiger partial charge >= 0.3 is 0 Å². The van der Waals surface area contributed by atoms with Gasteiger partial charge in [-0.3, -0.25) is 9.59 Å². The smallest absolute Gasteiger partial charge is 0.243 e. The number of benzene rings is 2. The van der Waals surface area contributed by atoms with Crippen molar-refractivity contribution in [3.8, 4) is 5.75 Å². The maximum absolute atomic E-state index is 12.3. The third-order valence-corrected chi connectivity index (χ3v) is 3.79. The summed E-state index contributed by atoms with van der Waals surface area (Å²) in [5.74, 6) is 0.373. The van der Waals surface area contributed by atoms with E-state index < -0.39 is 0 Å². The summed E-state index contributed by atoms with van der Waals surface area (Å²) in [6.45, 7) is 5.38. The fraction of sp³-hybridized carbons (Fsp3) is 0.333. The van der Waals surface area contributed by atoms with Gasteiger partial charge in [-0.2, -0.15) is 0 Å². The second kappa shape index (κ2) is 11.6. The zero-order chi connectivity index (χ0) is 20.2. The molecule has 2 aromatic carbocycles. The summed E-state index contributed by atoms with van der Waals surface area (Å²) in [5.41, 5.74) is 2.12. The zero-order valence-electron chi connectivity index (χ0n) is 16.3. The van der Waals surface area contributed by atoms with Crippen LogP contribution in [0.25, 0.3) is 0 Å². The third kappa shape index (κ3) is 7.28. The molecular weight excluding hydrogens is 358 g/mol. The van der Waals surface area contributed by atoms with Gasteiger partial charge in [0.1, 0.15) is 12.4 Å². The van der Waals surface area contributed by atoms with Gasteiger partial charge in [-0.25, -0.2) is 0 Å². The van der Waals surface area contributed by atoms with Crippen molar-refractivity contribution < 1.29 is 19.1 Å². The van der Waals surface area contributed by atoms with Crippen molar-refractivity contribution in [2.45, 2.75) is 20.3 Å². The highest BCUT2D eigenvalue weighted by Crippen LogP contribution is 2.23. The Morgan fingerprint density at radius 1 is 0.857 bits per heavy atom. The van der Waals surface area contributed by atoms with Crippen LogP contribution in [0.3, 0.4) is 0 Å². The lowest BCUT2D eigenvalue weighted by atomic mass is 10.2. The van der Waals surface area contributed by atoms with Crippen LogP contribution in [-0.4, -0.2) is 38.2 Å². The Morgan fingerprint density at radius 3 is 2.29 bits per heavy atom. The summed E-state index contributed by atoms with van der Waals surface area (Å²) in [5, 5.41) is 8.67. The molecule has 0 saturated heterocycles. The van der Waals surface area contributed by atoms with Crippen LogP contribution in [-0.2, 0) is 14.3 Å². The van der Waals surface area contributed by atoms with Crippen LogP contribution in [0.2, 0.25) is 0 Å². The fourth-order valence-corrected chi connectivity index (χ4v) is 2.35. The van der Waals surface area contributed by atoms with E-state index in [0.717, 1.165) is 11.4 Å². The quantitative estimate of drug-likeness (QED) is 0.515. The van der Waals surface area contributed by atoms with E-state index in [-0.39, 0.29) is 18.4 Å². The molecule has 0 fully saturated rings. The van der Waals surface area contributed by atoms with Crippen molar-refractivity contribution in [2.75, 3.05) is 42.3 Å². The van der Waals surface area contributed by atoms with Crippen molar-refractivity contribution in [3.63, 3.8) is 0 Å². The van der Waals surface area contributed by atoms with Crippen molar-refractivity contribution in [1.29, 1.82) is 0 Å². The van der Waals surface area contributed by atoms with E-state index in [0.29, 0.717) is 37.7 Å². The molecule has 150 valence electrons. The van der Waals surface area contributed by atoms with Gasteiger partial charge in [0.25, 0.3) is 0 Å². The highest BCUT2D eigenvalue weighted by atomic mass is 16.5. The molecule has 0 saturated carbocycles. The highest BCUT2D eigenvalue weighted by Gasteiger charge is 2.08. The lowest BCUT2D eigenvalue weighted by molar-refractivity contribution is -0.116. The van der Waals surface area contributed by atoms with E-state index in [2.05, 4.69) is 16.0 Å². The molecule has 0 aromatic heterocycles. The summed E-state index contributed by atoms with van der Waals surface area (Å²) in [6, 6.07) is 14.5. The predicted molar refractivity (Wildman–Crippen MR) is 111 cm³/mol. The molecule has 0 spiro atoms. The van der Waals surface area contributed by atoms with E-state index in [1.807, 2.05) is 31.2 Å². The molecule has 0 bridgehead atoms. The second-order valence-corrected chi connectivity index (χ2v) is 5.92. The van der Waals surface area contributed by atoms with E-state index in [9.17, 15) is 9.59 Å². The number of carbonyl (C=O) groups excluding carboxylic acids is 2. The van der Waals surface area contributed by atoms with Gasteiger partial charge in [0.2, 0.25) is 11.8 Å². The number of amides is 2. The monoisotopic (exact) mass is 385 g/mol. The number of ether oxygens (including phenoxy) is 2. The van der Waals surface area contributed by atoms with Gasteiger partial charge in [-0.05, 0) is 43.3 Å². The van der Waals surface area contributed by atoms with Crippen LogP contribution >= 0.6 is 0 Å². The Morgan fingerprint density at radius 2 is 1.57 bits per heavy atom. The Bertz CT molecular complexity index is 763. The van der Waals surface area contributed by atoms with E-state index >= 15 is 0 Å². The zero-order valence-corrected chi connectivity index (χ0v) is 16.3. The van der Waals surface area contributed by atoms with Gasteiger partial charge in [-0.1, -0.05) is 19.1 Å². The standard InChI is InChI=1S/C21H27N3O4/c1-3-20(25)23-17-11-9-16(10-12-17)22-15-21(26)24-18-7-5-6-8-19(18)28-14-13-27-4-2/h5-12,22H,3-4,13-15H2,1-2H3,(H,23,25)(H,24,26). The first kappa shape index (κ1) is 21.2. The van der Waals surface area contributed by atoms with E-state index in [1.54, 1.807) is 31.2 Å². The molecule has 0 heterocycles. The normalized spacial score (nSPS) is 10.2. The van der Waals surface area contributed by atoms with Gasteiger partial charge < -0.3 is 25.4 Å². The topological polar surface area (TPSA) is 88.7 Å². The summed E-state index contributed by atoms with van der Waals surface area (Å²) >= 11 is 0. The minimum atomic E-state index is -0.191. The molecule has 3 N–H and O–H groups in total. The molecule has 7 nitrogen and oxygen atoms in total. The molecule has 0 unspecified atom stereocenters. The number of rotatable bonds is 11. The van der Waals surface area contributed by atoms with Crippen molar-refractivity contribution in [2.24, 2.45) is 0 Å². The number of hydrogen-bond acceptors (Lipinski definition) is 5. The molecule has 0 aliphatic rings. The molecule has 7 heteroatoms. The lowest BCUT2D eigenvalue weighted by Gasteiger charge is -2.13. The van der Waals surface area contributed by atoms with Gasteiger partial charge in [-0.15, -0.1) is 0 Å². The van der Waals surface area contributed by atoms with Gasteiger partial charge in [0, 0.05) is 24.4 Å². The number of anilines is 3. The van der Waals surface area contributed by atoms with Crippen LogP contribution in [0.1, 0.15) is 20.3 Å². The molecule has 0 aliphatic heterocycles. The first-order valence-electron chi connectivity index (χ1n) is 9.35. The molecule has 2 amide bonds. The summed E-state index contributed by atoms with van der Waals surface area (Å²) < 4.78 is 10.9. The predicted octanol–water partition coefficient (Wildman–Crippen LogP) is 3.50. The maximum Gasteiger partial charge on any atom is 0.243 e. The largest absolute Gasteiger partial charge is 0.489 e. The molecular formula is C21H27N3O4. The van der Waals surface area contributed by atoms with E-state index in [4.69, 9.17) is 9.47 Å².